The lowest BCUT2D eigenvalue weighted by atomic mass is 9.85. The van der Waals surface area contributed by atoms with Crippen LogP contribution in [0.2, 0.25) is 0 Å². The van der Waals surface area contributed by atoms with E-state index in [0.717, 1.165) is 31.6 Å². The van der Waals surface area contributed by atoms with Gasteiger partial charge in [-0.05, 0) is 41.9 Å². The molecule has 0 unspecified atom stereocenters. The molecule has 1 aliphatic rings. The third kappa shape index (κ3) is 3.02. The number of phenolic OH excluding ortho intramolecular Hbond substituents is 1. The molecule has 1 saturated heterocycles. The number of benzene rings is 2. The molecule has 0 amide bonds. The molecule has 1 fully saturated rings. The minimum Gasteiger partial charge on any atom is -0.508 e. The van der Waals surface area contributed by atoms with E-state index in [0.29, 0.717) is 17.6 Å². The first-order valence-electron chi connectivity index (χ1n) is 7.21. The van der Waals surface area contributed by atoms with Crippen LogP contribution in [0.4, 0.5) is 0 Å². The number of rotatable bonds is 4. The van der Waals surface area contributed by atoms with Gasteiger partial charge < -0.3 is 9.84 Å². The van der Waals surface area contributed by atoms with Crippen LogP contribution in [-0.2, 0) is 17.6 Å². The fraction of sp³-hybridized carbons (Fsp3) is 0.333. The lowest BCUT2D eigenvalue weighted by molar-refractivity contribution is 0.180. The van der Waals surface area contributed by atoms with Crippen molar-refractivity contribution >= 4 is 0 Å². The highest BCUT2D eigenvalue weighted by molar-refractivity contribution is 5.32. The van der Waals surface area contributed by atoms with Crippen LogP contribution in [0, 0.1) is 11.8 Å². The van der Waals surface area contributed by atoms with Gasteiger partial charge in [0.05, 0.1) is 13.2 Å². The third-order valence-electron chi connectivity index (χ3n) is 4.14. The van der Waals surface area contributed by atoms with Crippen molar-refractivity contribution in [2.75, 3.05) is 13.2 Å². The van der Waals surface area contributed by atoms with Gasteiger partial charge in [-0.25, -0.2) is 0 Å². The monoisotopic (exact) mass is 268 g/mol. The molecule has 2 nitrogen and oxygen atoms in total. The van der Waals surface area contributed by atoms with Crippen molar-refractivity contribution in [2.24, 2.45) is 11.8 Å². The summed E-state index contributed by atoms with van der Waals surface area (Å²) in [7, 11) is 0. The van der Waals surface area contributed by atoms with E-state index in [1.807, 2.05) is 24.3 Å². The Bertz CT molecular complexity index is 550. The number of aromatic hydroxyl groups is 1. The average Bonchev–Trinajstić information content (AvgIpc) is 2.90. The van der Waals surface area contributed by atoms with E-state index in [1.165, 1.54) is 5.56 Å². The first kappa shape index (κ1) is 13.2. The summed E-state index contributed by atoms with van der Waals surface area (Å²) in [5.41, 5.74) is 2.39. The Kier molecular flexibility index (Phi) is 4.03. The van der Waals surface area contributed by atoms with Crippen LogP contribution in [0.1, 0.15) is 11.1 Å². The van der Waals surface area contributed by atoms with Gasteiger partial charge in [0.15, 0.2) is 0 Å². The lowest BCUT2D eigenvalue weighted by Gasteiger charge is -2.18. The summed E-state index contributed by atoms with van der Waals surface area (Å²) in [4.78, 5) is 0. The maximum Gasteiger partial charge on any atom is 0.118 e. The topological polar surface area (TPSA) is 29.5 Å². The Balaban J connectivity index is 1.68. The fourth-order valence-electron chi connectivity index (χ4n) is 2.98. The number of ether oxygens (including phenoxy) is 1. The molecule has 0 bridgehead atoms. The van der Waals surface area contributed by atoms with Crippen LogP contribution in [0.3, 0.4) is 0 Å². The molecule has 1 N–H and O–H groups in total. The highest BCUT2D eigenvalue weighted by atomic mass is 16.5. The van der Waals surface area contributed by atoms with Gasteiger partial charge in [0, 0.05) is 0 Å². The Labute approximate surface area is 120 Å². The van der Waals surface area contributed by atoms with Crippen molar-refractivity contribution in [2.45, 2.75) is 12.8 Å². The van der Waals surface area contributed by atoms with E-state index < -0.39 is 0 Å². The summed E-state index contributed by atoms with van der Waals surface area (Å²) in [5, 5.41) is 9.91. The summed E-state index contributed by atoms with van der Waals surface area (Å²) in [6, 6.07) is 18.2. The average molecular weight is 268 g/mol. The lowest BCUT2D eigenvalue weighted by Crippen LogP contribution is -2.17. The molecule has 104 valence electrons. The van der Waals surface area contributed by atoms with Crippen molar-refractivity contribution in [1.29, 1.82) is 0 Å². The van der Waals surface area contributed by atoms with Crippen molar-refractivity contribution in [3.8, 4) is 5.75 Å². The maximum atomic E-state index is 9.91. The van der Waals surface area contributed by atoms with E-state index in [1.54, 1.807) is 6.07 Å². The number of hydrogen-bond acceptors (Lipinski definition) is 2. The van der Waals surface area contributed by atoms with Crippen molar-refractivity contribution in [3.63, 3.8) is 0 Å². The molecule has 2 aromatic carbocycles. The molecule has 0 aromatic heterocycles. The summed E-state index contributed by atoms with van der Waals surface area (Å²) in [5.74, 6) is 1.43. The van der Waals surface area contributed by atoms with Crippen LogP contribution in [0.25, 0.3) is 0 Å². The van der Waals surface area contributed by atoms with E-state index in [9.17, 15) is 5.11 Å². The second-order valence-electron chi connectivity index (χ2n) is 5.58. The molecule has 1 aliphatic heterocycles. The largest absolute Gasteiger partial charge is 0.508 e. The van der Waals surface area contributed by atoms with E-state index >= 15 is 0 Å². The molecule has 0 saturated carbocycles. The second kappa shape index (κ2) is 6.10. The molecule has 1 heterocycles. The maximum absolute atomic E-state index is 9.91. The standard InChI is InChI=1S/C18H20O2/c19-18-9-5-4-8-15(18)11-17-13-20-12-16(17)10-14-6-2-1-3-7-14/h1-9,16-17,19H,10-13H2/t16-,17-/m0/s1. The van der Waals surface area contributed by atoms with E-state index in [4.69, 9.17) is 4.74 Å². The van der Waals surface area contributed by atoms with Crippen LogP contribution >= 0.6 is 0 Å². The predicted molar refractivity (Wildman–Crippen MR) is 79.8 cm³/mol. The molecular weight excluding hydrogens is 248 g/mol. The SMILES string of the molecule is Oc1ccccc1C[C@H]1COC[C@@H]1Cc1ccccc1. The van der Waals surface area contributed by atoms with Gasteiger partial charge in [0.25, 0.3) is 0 Å². The van der Waals surface area contributed by atoms with Gasteiger partial charge in [-0.3, -0.25) is 0 Å². The number of phenols is 1. The summed E-state index contributed by atoms with van der Waals surface area (Å²) >= 11 is 0. The van der Waals surface area contributed by atoms with E-state index in [-0.39, 0.29) is 0 Å². The van der Waals surface area contributed by atoms with Crippen LogP contribution in [0.15, 0.2) is 54.6 Å². The van der Waals surface area contributed by atoms with Crippen LogP contribution in [0.5, 0.6) is 5.75 Å². The minimum atomic E-state index is 0.401. The highest BCUT2D eigenvalue weighted by Gasteiger charge is 2.28. The van der Waals surface area contributed by atoms with Crippen molar-refractivity contribution < 1.29 is 9.84 Å². The van der Waals surface area contributed by atoms with Crippen LogP contribution in [-0.4, -0.2) is 18.3 Å². The molecule has 0 spiro atoms. The summed E-state index contributed by atoms with van der Waals surface area (Å²) in [6.45, 7) is 1.62. The third-order valence-corrected chi connectivity index (χ3v) is 4.14. The van der Waals surface area contributed by atoms with E-state index in [2.05, 4.69) is 24.3 Å². The van der Waals surface area contributed by atoms with Crippen molar-refractivity contribution in [3.05, 3.63) is 65.7 Å². The molecule has 0 radical (unpaired) electrons. The summed E-state index contributed by atoms with van der Waals surface area (Å²) < 4.78 is 5.67. The predicted octanol–water partition coefficient (Wildman–Crippen LogP) is 3.44. The van der Waals surface area contributed by atoms with Crippen LogP contribution < -0.4 is 0 Å². The van der Waals surface area contributed by atoms with Gasteiger partial charge in [-0.15, -0.1) is 0 Å². The molecule has 2 atom stereocenters. The Morgan fingerprint density at radius 2 is 1.50 bits per heavy atom. The molecule has 2 aromatic rings. The zero-order valence-electron chi connectivity index (χ0n) is 11.5. The smallest absolute Gasteiger partial charge is 0.118 e. The zero-order chi connectivity index (χ0) is 13.8. The quantitative estimate of drug-likeness (QED) is 0.920. The Morgan fingerprint density at radius 3 is 2.25 bits per heavy atom. The first-order chi connectivity index (χ1) is 9.83. The van der Waals surface area contributed by atoms with Gasteiger partial charge in [-0.1, -0.05) is 48.5 Å². The van der Waals surface area contributed by atoms with Gasteiger partial charge >= 0.3 is 0 Å². The molecule has 2 heteroatoms. The normalized spacial score (nSPS) is 22.0. The number of para-hydroxylation sites is 1. The van der Waals surface area contributed by atoms with Crippen molar-refractivity contribution in [1.82, 2.24) is 0 Å². The Morgan fingerprint density at radius 1 is 0.850 bits per heavy atom. The molecule has 3 rings (SSSR count). The molecule has 20 heavy (non-hydrogen) atoms. The van der Waals surface area contributed by atoms with Gasteiger partial charge in [0.1, 0.15) is 5.75 Å². The zero-order valence-corrected chi connectivity index (χ0v) is 11.5. The second-order valence-corrected chi connectivity index (χ2v) is 5.58. The summed E-state index contributed by atoms with van der Waals surface area (Å²) in [6.07, 6.45) is 1.95. The fourth-order valence-corrected chi connectivity index (χ4v) is 2.98. The highest BCUT2D eigenvalue weighted by Crippen LogP contribution is 2.30. The Hall–Kier alpha value is -1.80. The first-order valence-corrected chi connectivity index (χ1v) is 7.21. The van der Waals surface area contributed by atoms with Gasteiger partial charge in [0.2, 0.25) is 0 Å². The molecule has 0 aliphatic carbocycles. The number of hydrogen-bond donors (Lipinski definition) is 1. The minimum absolute atomic E-state index is 0.401. The molecular formula is C18H20O2. The van der Waals surface area contributed by atoms with Gasteiger partial charge in [-0.2, -0.15) is 0 Å².